The number of carbonyl (C=O) groups excluding carboxylic acids is 1. The molecule has 0 spiro atoms. The van der Waals surface area contributed by atoms with Crippen molar-refractivity contribution >= 4 is 17.2 Å². The molecule has 106 valence electrons. The minimum absolute atomic E-state index is 0.0998. The molecular weight excluding hydrogens is 274 g/mol. The Kier molecular flexibility index (Phi) is 3.79. The molecule has 0 aliphatic carbocycles. The van der Waals surface area contributed by atoms with E-state index >= 15 is 0 Å². The fraction of sp³-hybridized carbons (Fsp3) is 0.462. The van der Waals surface area contributed by atoms with E-state index in [1.165, 1.54) is 10.4 Å². The first kappa shape index (κ1) is 13.3. The Labute approximate surface area is 121 Å². The number of thiophene rings is 1. The van der Waals surface area contributed by atoms with Crippen LogP contribution in [0.5, 0.6) is 0 Å². The summed E-state index contributed by atoms with van der Waals surface area (Å²) in [5.74, 6) is 0.0998. The fourth-order valence-electron chi connectivity index (χ4n) is 2.38. The SMILES string of the molecule is CNCc1cn(CC(=O)N2CCc3sccc3C2)nn1. The minimum atomic E-state index is 0.0998. The van der Waals surface area contributed by atoms with Crippen LogP contribution in [0, 0.1) is 0 Å². The summed E-state index contributed by atoms with van der Waals surface area (Å²) in [5, 5.41) is 13.1. The van der Waals surface area contributed by atoms with Crippen molar-refractivity contribution in [3.8, 4) is 0 Å². The van der Waals surface area contributed by atoms with Gasteiger partial charge in [-0.15, -0.1) is 16.4 Å². The average Bonchev–Trinajstić information content (AvgIpc) is 3.07. The van der Waals surface area contributed by atoms with Crippen LogP contribution in [0.1, 0.15) is 16.1 Å². The highest BCUT2D eigenvalue weighted by Crippen LogP contribution is 2.24. The van der Waals surface area contributed by atoms with Crippen molar-refractivity contribution in [1.29, 1.82) is 0 Å². The maximum Gasteiger partial charge on any atom is 0.244 e. The van der Waals surface area contributed by atoms with Gasteiger partial charge in [-0.25, -0.2) is 4.68 Å². The summed E-state index contributed by atoms with van der Waals surface area (Å²) in [6.45, 7) is 2.44. The lowest BCUT2D eigenvalue weighted by Crippen LogP contribution is -2.37. The second-order valence-electron chi connectivity index (χ2n) is 4.87. The number of amides is 1. The van der Waals surface area contributed by atoms with Gasteiger partial charge in [0.1, 0.15) is 6.54 Å². The number of hydrogen-bond acceptors (Lipinski definition) is 5. The molecule has 2 aromatic heterocycles. The molecule has 0 saturated carbocycles. The summed E-state index contributed by atoms with van der Waals surface area (Å²) in [6, 6.07) is 2.11. The number of fused-ring (bicyclic) bond motifs is 1. The van der Waals surface area contributed by atoms with E-state index in [-0.39, 0.29) is 12.5 Å². The van der Waals surface area contributed by atoms with Crippen molar-refractivity contribution < 1.29 is 4.79 Å². The molecule has 1 amide bonds. The second kappa shape index (κ2) is 5.72. The van der Waals surface area contributed by atoms with Crippen molar-refractivity contribution in [2.24, 2.45) is 0 Å². The van der Waals surface area contributed by atoms with Crippen LogP contribution >= 0.6 is 11.3 Å². The zero-order chi connectivity index (χ0) is 13.9. The molecule has 0 fully saturated rings. The molecule has 1 aliphatic heterocycles. The van der Waals surface area contributed by atoms with Gasteiger partial charge in [0, 0.05) is 24.5 Å². The van der Waals surface area contributed by atoms with E-state index in [1.54, 1.807) is 16.0 Å². The summed E-state index contributed by atoms with van der Waals surface area (Å²) in [6.07, 6.45) is 2.77. The highest BCUT2D eigenvalue weighted by Gasteiger charge is 2.21. The van der Waals surface area contributed by atoms with Gasteiger partial charge in [-0.05, 0) is 30.5 Å². The first-order valence-corrected chi connectivity index (χ1v) is 7.51. The Bertz CT molecular complexity index is 605. The van der Waals surface area contributed by atoms with Gasteiger partial charge in [0.2, 0.25) is 5.91 Å². The molecule has 1 aliphatic rings. The zero-order valence-corrected chi connectivity index (χ0v) is 12.2. The van der Waals surface area contributed by atoms with Crippen LogP contribution in [0.4, 0.5) is 0 Å². The summed E-state index contributed by atoms with van der Waals surface area (Å²) in [5.41, 5.74) is 2.13. The summed E-state index contributed by atoms with van der Waals surface area (Å²) >= 11 is 1.78. The van der Waals surface area contributed by atoms with Crippen molar-refractivity contribution in [1.82, 2.24) is 25.2 Å². The van der Waals surface area contributed by atoms with E-state index in [0.717, 1.165) is 25.2 Å². The molecule has 2 aromatic rings. The molecule has 20 heavy (non-hydrogen) atoms. The van der Waals surface area contributed by atoms with E-state index in [1.807, 2.05) is 18.1 Å². The third-order valence-electron chi connectivity index (χ3n) is 3.40. The maximum absolute atomic E-state index is 12.3. The molecule has 0 unspecified atom stereocenters. The Morgan fingerprint density at radius 2 is 2.45 bits per heavy atom. The zero-order valence-electron chi connectivity index (χ0n) is 11.4. The molecule has 0 bridgehead atoms. The van der Waals surface area contributed by atoms with Gasteiger partial charge in [-0.3, -0.25) is 4.79 Å². The third-order valence-corrected chi connectivity index (χ3v) is 4.42. The normalized spacial score (nSPS) is 14.3. The molecule has 0 aromatic carbocycles. The van der Waals surface area contributed by atoms with E-state index in [4.69, 9.17) is 0 Å². The highest BCUT2D eigenvalue weighted by atomic mass is 32.1. The van der Waals surface area contributed by atoms with E-state index < -0.39 is 0 Å². The number of carbonyl (C=O) groups is 1. The predicted molar refractivity (Wildman–Crippen MR) is 76.2 cm³/mol. The van der Waals surface area contributed by atoms with Crippen LogP contribution in [-0.4, -0.2) is 39.4 Å². The molecule has 7 heteroatoms. The van der Waals surface area contributed by atoms with Crippen LogP contribution in [0.3, 0.4) is 0 Å². The molecule has 3 rings (SSSR count). The summed E-state index contributed by atoms with van der Waals surface area (Å²) in [4.78, 5) is 15.6. The van der Waals surface area contributed by atoms with Gasteiger partial charge in [-0.2, -0.15) is 0 Å². The number of hydrogen-bond donors (Lipinski definition) is 1. The monoisotopic (exact) mass is 291 g/mol. The van der Waals surface area contributed by atoms with Crippen molar-refractivity contribution in [2.75, 3.05) is 13.6 Å². The van der Waals surface area contributed by atoms with Gasteiger partial charge < -0.3 is 10.2 Å². The molecule has 3 heterocycles. The van der Waals surface area contributed by atoms with Crippen LogP contribution in [0.2, 0.25) is 0 Å². The Morgan fingerprint density at radius 3 is 3.30 bits per heavy atom. The van der Waals surface area contributed by atoms with Gasteiger partial charge in [0.25, 0.3) is 0 Å². The summed E-state index contributed by atoms with van der Waals surface area (Å²) < 4.78 is 1.61. The average molecular weight is 291 g/mol. The van der Waals surface area contributed by atoms with Crippen LogP contribution in [-0.2, 0) is 30.8 Å². The Hall–Kier alpha value is -1.73. The van der Waals surface area contributed by atoms with Crippen LogP contribution in [0.15, 0.2) is 17.6 Å². The smallest absolute Gasteiger partial charge is 0.244 e. The largest absolute Gasteiger partial charge is 0.336 e. The molecule has 6 nitrogen and oxygen atoms in total. The first-order chi connectivity index (χ1) is 9.76. The number of rotatable bonds is 4. The molecule has 0 saturated heterocycles. The van der Waals surface area contributed by atoms with Gasteiger partial charge in [0.05, 0.1) is 11.9 Å². The van der Waals surface area contributed by atoms with E-state index in [9.17, 15) is 4.79 Å². The molecule has 0 atom stereocenters. The number of aromatic nitrogens is 3. The quantitative estimate of drug-likeness (QED) is 0.898. The van der Waals surface area contributed by atoms with Crippen molar-refractivity contribution in [3.05, 3.63) is 33.8 Å². The third kappa shape index (κ3) is 2.73. The first-order valence-electron chi connectivity index (χ1n) is 6.63. The lowest BCUT2D eigenvalue weighted by molar-refractivity contribution is -0.133. The van der Waals surface area contributed by atoms with Crippen LogP contribution in [0.25, 0.3) is 0 Å². The minimum Gasteiger partial charge on any atom is -0.336 e. The predicted octanol–water partition coefficient (Wildman–Crippen LogP) is 0.644. The van der Waals surface area contributed by atoms with Gasteiger partial charge >= 0.3 is 0 Å². The fourth-order valence-corrected chi connectivity index (χ4v) is 3.27. The second-order valence-corrected chi connectivity index (χ2v) is 5.87. The number of nitrogens with one attached hydrogen (secondary N) is 1. The lowest BCUT2D eigenvalue weighted by Gasteiger charge is -2.26. The van der Waals surface area contributed by atoms with Crippen molar-refractivity contribution in [2.45, 2.75) is 26.1 Å². The van der Waals surface area contributed by atoms with E-state index in [2.05, 4.69) is 27.1 Å². The topological polar surface area (TPSA) is 63.1 Å². The van der Waals surface area contributed by atoms with E-state index in [0.29, 0.717) is 6.54 Å². The highest BCUT2D eigenvalue weighted by molar-refractivity contribution is 7.10. The Balaban J connectivity index is 1.62. The standard InChI is InChI=1S/C13H17N5OS/c1-14-6-11-8-18(16-15-11)9-13(19)17-4-2-12-10(7-17)3-5-20-12/h3,5,8,14H,2,4,6-7,9H2,1H3. The van der Waals surface area contributed by atoms with Crippen LogP contribution < -0.4 is 5.32 Å². The maximum atomic E-state index is 12.3. The number of nitrogens with zero attached hydrogens (tertiary/aromatic N) is 4. The molecular formula is C13H17N5OS. The van der Waals surface area contributed by atoms with Gasteiger partial charge in [-0.1, -0.05) is 5.21 Å². The summed E-state index contributed by atoms with van der Waals surface area (Å²) in [7, 11) is 1.86. The lowest BCUT2D eigenvalue weighted by atomic mass is 10.1. The molecule has 0 radical (unpaired) electrons. The molecule has 1 N–H and O–H groups in total. The van der Waals surface area contributed by atoms with Crippen molar-refractivity contribution in [3.63, 3.8) is 0 Å². The van der Waals surface area contributed by atoms with Gasteiger partial charge in [0.15, 0.2) is 0 Å². The Morgan fingerprint density at radius 1 is 1.55 bits per heavy atom.